The summed E-state index contributed by atoms with van der Waals surface area (Å²) in [6.07, 6.45) is 2.35. The number of rotatable bonds is 1. The number of hydrogen-bond donors (Lipinski definition) is 2. The zero-order chi connectivity index (χ0) is 12.9. The Hall–Kier alpha value is -0.770. The Morgan fingerprint density at radius 2 is 1.88 bits per heavy atom. The maximum absolute atomic E-state index is 10.9. The van der Waals surface area contributed by atoms with Crippen molar-refractivity contribution in [2.24, 2.45) is 22.0 Å². The minimum Gasteiger partial charge on any atom is -0.465 e. The zero-order valence-corrected chi connectivity index (χ0v) is 11.1. The smallest absolute Gasteiger partial charge is 0.407 e. The first-order valence-corrected chi connectivity index (χ1v) is 6.46. The van der Waals surface area contributed by atoms with E-state index in [4.69, 9.17) is 10.8 Å². The van der Waals surface area contributed by atoms with Crippen LogP contribution >= 0.6 is 0 Å². The van der Waals surface area contributed by atoms with E-state index < -0.39 is 6.09 Å². The van der Waals surface area contributed by atoms with Gasteiger partial charge in [0.1, 0.15) is 0 Å². The van der Waals surface area contributed by atoms with Crippen LogP contribution in [0, 0.1) is 16.2 Å². The molecule has 0 radical (unpaired) electrons. The molecule has 1 aliphatic carbocycles. The van der Waals surface area contributed by atoms with Crippen LogP contribution in [0.4, 0.5) is 4.79 Å². The molecule has 1 aliphatic heterocycles. The molecule has 2 rings (SSSR count). The highest BCUT2D eigenvalue weighted by molar-refractivity contribution is 5.65. The standard InChI is InChI=1S/C13H24N2O2/c1-11(2,3)13(9-14)8-12(13)4-6-15(7-5-12)10(16)17/h4-9,14H2,1-3H3,(H,16,17). The average molecular weight is 240 g/mol. The molecule has 1 atom stereocenters. The Balaban J connectivity index is 2.09. The molecule has 17 heavy (non-hydrogen) atoms. The summed E-state index contributed by atoms with van der Waals surface area (Å²) in [5.41, 5.74) is 6.78. The van der Waals surface area contributed by atoms with Crippen molar-refractivity contribution in [1.82, 2.24) is 4.90 Å². The first-order chi connectivity index (χ1) is 7.78. The quantitative estimate of drug-likeness (QED) is 0.738. The molecular weight excluding hydrogens is 216 g/mol. The van der Waals surface area contributed by atoms with Gasteiger partial charge in [-0.05, 0) is 42.1 Å². The summed E-state index contributed by atoms with van der Waals surface area (Å²) < 4.78 is 0. The number of amides is 1. The third kappa shape index (κ3) is 1.65. The van der Waals surface area contributed by atoms with Gasteiger partial charge in [0.25, 0.3) is 0 Å². The van der Waals surface area contributed by atoms with E-state index in [1.54, 1.807) is 0 Å². The third-order valence-corrected chi connectivity index (χ3v) is 5.31. The molecule has 0 aromatic heterocycles. The van der Waals surface area contributed by atoms with Gasteiger partial charge in [-0.2, -0.15) is 0 Å². The van der Waals surface area contributed by atoms with Crippen LogP contribution in [0.2, 0.25) is 0 Å². The fraction of sp³-hybridized carbons (Fsp3) is 0.923. The topological polar surface area (TPSA) is 66.6 Å². The van der Waals surface area contributed by atoms with E-state index in [1.807, 2.05) is 0 Å². The molecular formula is C13H24N2O2. The number of nitrogens with two attached hydrogens (primary N) is 1. The fourth-order valence-corrected chi connectivity index (χ4v) is 3.97. The summed E-state index contributed by atoms with van der Waals surface area (Å²) >= 11 is 0. The highest BCUT2D eigenvalue weighted by Gasteiger charge is 2.70. The number of carbonyl (C=O) groups is 1. The SMILES string of the molecule is CC(C)(C)C1(CN)CC12CCN(C(=O)O)CC2. The van der Waals surface area contributed by atoms with Gasteiger partial charge in [0.05, 0.1) is 0 Å². The minimum absolute atomic E-state index is 0.215. The molecule has 0 aromatic rings. The second kappa shape index (κ2) is 3.61. The average Bonchev–Trinajstić information content (AvgIpc) is 2.87. The second-order valence-electron chi connectivity index (χ2n) is 6.76. The third-order valence-electron chi connectivity index (χ3n) is 5.31. The molecule has 1 saturated heterocycles. The molecule has 0 bridgehead atoms. The summed E-state index contributed by atoms with van der Waals surface area (Å²) in [4.78, 5) is 12.5. The maximum atomic E-state index is 10.9. The van der Waals surface area contributed by atoms with Gasteiger partial charge in [-0.1, -0.05) is 20.8 Å². The monoisotopic (exact) mass is 240 g/mol. The van der Waals surface area contributed by atoms with Crippen LogP contribution in [-0.2, 0) is 0 Å². The highest BCUT2D eigenvalue weighted by Crippen LogP contribution is 2.75. The van der Waals surface area contributed by atoms with E-state index in [0.717, 1.165) is 19.4 Å². The summed E-state index contributed by atoms with van der Waals surface area (Å²) in [6.45, 7) is 8.86. The van der Waals surface area contributed by atoms with E-state index in [-0.39, 0.29) is 10.8 Å². The predicted molar refractivity (Wildman–Crippen MR) is 66.8 cm³/mol. The molecule has 1 saturated carbocycles. The van der Waals surface area contributed by atoms with E-state index in [2.05, 4.69) is 20.8 Å². The Labute approximate surface area is 103 Å². The molecule has 3 N–H and O–H groups in total. The van der Waals surface area contributed by atoms with Crippen LogP contribution in [-0.4, -0.2) is 35.7 Å². The Morgan fingerprint density at radius 3 is 2.18 bits per heavy atom. The molecule has 1 heterocycles. The van der Waals surface area contributed by atoms with Crippen LogP contribution in [0.5, 0.6) is 0 Å². The van der Waals surface area contributed by atoms with E-state index in [1.165, 1.54) is 11.3 Å². The summed E-state index contributed by atoms with van der Waals surface area (Å²) in [6, 6.07) is 0. The van der Waals surface area contributed by atoms with Gasteiger partial charge in [0.2, 0.25) is 0 Å². The first-order valence-electron chi connectivity index (χ1n) is 6.46. The Morgan fingerprint density at radius 1 is 1.35 bits per heavy atom. The number of carboxylic acid groups (broad SMARTS) is 1. The number of likely N-dealkylation sites (tertiary alicyclic amines) is 1. The second-order valence-corrected chi connectivity index (χ2v) is 6.76. The van der Waals surface area contributed by atoms with E-state index in [9.17, 15) is 4.79 Å². The van der Waals surface area contributed by atoms with Crippen molar-refractivity contribution in [2.75, 3.05) is 19.6 Å². The molecule has 1 unspecified atom stereocenters. The van der Waals surface area contributed by atoms with Crippen molar-refractivity contribution in [1.29, 1.82) is 0 Å². The lowest BCUT2D eigenvalue weighted by atomic mass is 9.69. The molecule has 4 nitrogen and oxygen atoms in total. The molecule has 1 spiro atoms. The van der Waals surface area contributed by atoms with E-state index >= 15 is 0 Å². The summed E-state index contributed by atoms with van der Waals surface area (Å²) in [7, 11) is 0. The van der Waals surface area contributed by atoms with Gasteiger partial charge < -0.3 is 15.7 Å². The molecule has 4 heteroatoms. The van der Waals surface area contributed by atoms with Crippen LogP contribution in [0.3, 0.4) is 0 Å². The Kier molecular flexibility index (Phi) is 2.69. The van der Waals surface area contributed by atoms with Crippen molar-refractivity contribution in [3.05, 3.63) is 0 Å². The summed E-state index contributed by atoms with van der Waals surface area (Å²) in [5, 5.41) is 8.98. The summed E-state index contributed by atoms with van der Waals surface area (Å²) in [5.74, 6) is 0. The van der Waals surface area contributed by atoms with Gasteiger partial charge in [-0.25, -0.2) is 4.79 Å². The van der Waals surface area contributed by atoms with Crippen LogP contribution in [0.15, 0.2) is 0 Å². The van der Waals surface area contributed by atoms with Crippen LogP contribution in [0.25, 0.3) is 0 Å². The van der Waals surface area contributed by atoms with Gasteiger partial charge >= 0.3 is 6.09 Å². The van der Waals surface area contributed by atoms with Crippen molar-refractivity contribution in [3.8, 4) is 0 Å². The number of hydrogen-bond acceptors (Lipinski definition) is 2. The van der Waals surface area contributed by atoms with Gasteiger partial charge in [0, 0.05) is 13.1 Å². The lowest BCUT2D eigenvalue weighted by molar-refractivity contribution is 0.0836. The zero-order valence-electron chi connectivity index (χ0n) is 11.1. The van der Waals surface area contributed by atoms with Gasteiger partial charge in [0.15, 0.2) is 0 Å². The van der Waals surface area contributed by atoms with Crippen molar-refractivity contribution in [3.63, 3.8) is 0 Å². The lowest BCUT2D eigenvalue weighted by Crippen LogP contribution is -2.43. The van der Waals surface area contributed by atoms with Crippen molar-refractivity contribution >= 4 is 6.09 Å². The molecule has 1 amide bonds. The number of nitrogens with zero attached hydrogens (tertiary/aromatic N) is 1. The van der Waals surface area contributed by atoms with Crippen LogP contribution < -0.4 is 5.73 Å². The first kappa shape index (κ1) is 12.7. The van der Waals surface area contributed by atoms with E-state index in [0.29, 0.717) is 18.5 Å². The molecule has 2 aliphatic rings. The van der Waals surface area contributed by atoms with Gasteiger partial charge in [-0.3, -0.25) is 0 Å². The normalized spacial score (nSPS) is 31.6. The fourth-order valence-electron chi connectivity index (χ4n) is 3.97. The maximum Gasteiger partial charge on any atom is 0.407 e. The van der Waals surface area contributed by atoms with Gasteiger partial charge in [-0.15, -0.1) is 0 Å². The van der Waals surface area contributed by atoms with Crippen molar-refractivity contribution < 1.29 is 9.90 Å². The van der Waals surface area contributed by atoms with Crippen molar-refractivity contribution in [2.45, 2.75) is 40.0 Å². The molecule has 98 valence electrons. The Bertz CT molecular complexity index is 327. The largest absolute Gasteiger partial charge is 0.465 e. The number of piperidine rings is 1. The lowest BCUT2D eigenvalue weighted by Gasteiger charge is -2.40. The molecule has 2 fully saturated rings. The minimum atomic E-state index is -0.783. The van der Waals surface area contributed by atoms with Crippen LogP contribution in [0.1, 0.15) is 40.0 Å². The molecule has 0 aromatic carbocycles. The highest BCUT2D eigenvalue weighted by atomic mass is 16.4. The predicted octanol–water partition coefficient (Wildman–Crippen LogP) is 2.14.